The summed E-state index contributed by atoms with van der Waals surface area (Å²) in [5.74, 6) is 0. The normalized spacial score (nSPS) is 11.8. The van der Waals surface area contributed by atoms with Crippen molar-refractivity contribution in [3.63, 3.8) is 0 Å². The second kappa shape index (κ2) is 10.2. The molecule has 0 unspecified atom stereocenters. The second-order valence-corrected chi connectivity index (χ2v) is 12.4. The second-order valence-electron chi connectivity index (χ2n) is 12.4. The van der Waals surface area contributed by atoms with Gasteiger partial charge in [0.1, 0.15) is 11.2 Å². The van der Waals surface area contributed by atoms with E-state index in [1.807, 2.05) is 0 Å². The molecule has 47 heavy (non-hydrogen) atoms. The molecule has 0 bridgehead atoms. The molecule has 0 atom stereocenters. The lowest BCUT2D eigenvalue weighted by molar-refractivity contribution is 0.669. The van der Waals surface area contributed by atoms with Crippen LogP contribution in [-0.4, -0.2) is 0 Å². The molecule has 0 aliphatic heterocycles. The Bertz CT molecular complexity index is 2780. The maximum absolute atomic E-state index is 6.53. The van der Waals surface area contributed by atoms with E-state index in [0.717, 1.165) is 21.9 Å². The molecule has 0 spiro atoms. The van der Waals surface area contributed by atoms with Crippen molar-refractivity contribution in [1.82, 2.24) is 0 Å². The van der Waals surface area contributed by atoms with Gasteiger partial charge in [0.25, 0.3) is 0 Å². The first-order chi connectivity index (χ1) is 23.3. The third kappa shape index (κ3) is 3.97. The van der Waals surface area contributed by atoms with Crippen LogP contribution in [0.25, 0.3) is 98.4 Å². The van der Waals surface area contributed by atoms with Crippen molar-refractivity contribution in [2.75, 3.05) is 0 Å². The van der Waals surface area contributed by atoms with Gasteiger partial charge in [-0.25, -0.2) is 0 Å². The van der Waals surface area contributed by atoms with E-state index in [9.17, 15) is 0 Å². The highest BCUT2D eigenvalue weighted by molar-refractivity contribution is 6.27. The monoisotopic (exact) mass is 596 g/mol. The molecule has 1 aromatic heterocycles. The van der Waals surface area contributed by atoms with Gasteiger partial charge in [0.2, 0.25) is 0 Å². The average Bonchev–Trinajstić information content (AvgIpc) is 3.50. The first-order valence-corrected chi connectivity index (χ1v) is 16.2. The largest absolute Gasteiger partial charge is 0.456 e. The van der Waals surface area contributed by atoms with Crippen LogP contribution < -0.4 is 0 Å². The predicted octanol–water partition coefficient (Wildman–Crippen LogP) is 13.2. The summed E-state index contributed by atoms with van der Waals surface area (Å²) >= 11 is 0. The fourth-order valence-corrected chi connectivity index (χ4v) is 7.74. The van der Waals surface area contributed by atoms with Gasteiger partial charge in [0.05, 0.1) is 0 Å². The standard InChI is InChI=1S/C46H28O/c1-2-12-29(13-3-1)32-24-25-34-33(26-32)16-10-21-35(34)44-36-17-6-8-19-38(36)45(39-20-9-7-18-37(39)44)40-22-11-23-42-46(40)41-27-30-14-4-5-15-31(30)28-43(41)47-42/h1-28H. The van der Waals surface area contributed by atoms with E-state index in [1.54, 1.807) is 0 Å². The van der Waals surface area contributed by atoms with Gasteiger partial charge in [-0.15, -0.1) is 0 Å². The van der Waals surface area contributed by atoms with Crippen LogP contribution in [0.3, 0.4) is 0 Å². The van der Waals surface area contributed by atoms with Crippen LogP contribution in [0.2, 0.25) is 0 Å². The Labute approximate surface area is 271 Å². The Morgan fingerprint density at radius 3 is 1.60 bits per heavy atom. The quantitative estimate of drug-likeness (QED) is 0.185. The van der Waals surface area contributed by atoms with Crippen LogP contribution in [0.1, 0.15) is 0 Å². The first-order valence-electron chi connectivity index (χ1n) is 16.2. The minimum Gasteiger partial charge on any atom is -0.456 e. The predicted molar refractivity (Wildman–Crippen MR) is 200 cm³/mol. The molecule has 0 saturated carbocycles. The minimum atomic E-state index is 0.910. The van der Waals surface area contributed by atoms with Crippen molar-refractivity contribution in [2.45, 2.75) is 0 Å². The third-order valence-corrected chi connectivity index (χ3v) is 9.82. The molecule has 10 rings (SSSR count). The van der Waals surface area contributed by atoms with Gasteiger partial charge >= 0.3 is 0 Å². The van der Waals surface area contributed by atoms with Crippen molar-refractivity contribution < 1.29 is 4.42 Å². The summed E-state index contributed by atoms with van der Waals surface area (Å²) in [5.41, 5.74) is 9.25. The smallest absolute Gasteiger partial charge is 0.136 e. The lowest BCUT2D eigenvalue weighted by Crippen LogP contribution is -1.92. The van der Waals surface area contributed by atoms with Crippen molar-refractivity contribution in [1.29, 1.82) is 0 Å². The number of furan rings is 1. The molecule has 0 aliphatic carbocycles. The molecular weight excluding hydrogens is 569 g/mol. The van der Waals surface area contributed by atoms with E-state index >= 15 is 0 Å². The van der Waals surface area contributed by atoms with Crippen LogP contribution in [0.5, 0.6) is 0 Å². The third-order valence-electron chi connectivity index (χ3n) is 9.82. The van der Waals surface area contributed by atoms with E-state index in [1.165, 1.54) is 76.5 Å². The van der Waals surface area contributed by atoms with Crippen LogP contribution in [0, 0.1) is 0 Å². The Balaban J connectivity index is 1.29. The summed E-state index contributed by atoms with van der Waals surface area (Å²) in [5, 5.41) is 12.2. The molecule has 0 radical (unpaired) electrons. The molecule has 1 heteroatoms. The van der Waals surface area contributed by atoms with Gasteiger partial charge < -0.3 is 4.42 Å². The number of hydrogen-bond acceptors (Lipinski definition) is 1. The summed E-state index contributed by atoms with van der Waals surface area (Å²) in [7, 11) is 0. The van der Waals surface area contributed by atoms with Crippen LogP contribution in [0.4, 0.5) is 0 Å². The fraction of sp³-hybridized carbons (Fsp3) is 0. The van der Waals surface area contributed by atoms with Crippen LogP contribution in [0.15, 0.2) is 174 Å². The van der Waals surface area contributed by atoms with Gasteiger partial charge in [-0.05, 0) is 101 Å². The van der Waals surface area contributed by atoms with E-state index in [-0.39, 0.29) is 0 Å². The van der Waals surface area contributed by atoms with Gasteiger partial charge in [0, 0.05) is 10.8 Å². The molecule has 0 amide bonds. The molecule has 0 N–H and O–H groups in total. The minimum absolute atomic E-state index is 0.910. The molecule has 0 fully saturated rings. The Morgan fingerprint density at radius 1 is 0.298 bits per heavy atom. The number of hydrogen-bond donors (Lipinski definition) is 0. The maximum Gasteiger partial charge on any atom is 0.136 e. The Hall–Kier alpha value is -6.18. The lowest BCUT2D eigenvalue weighted by atomic mass is 9.83. The van der Waals surface area contributed by atoms with E-state index < -0.39 is 0 Å². The zero-order chi connectivity index (χ0) is 30.9. The highest BCUT2D eigenvalue weighted by atomic mass is 16.3. The molecule has 218 valence electrons. The van der Waals surface area contributed by atoms with Crippen molar-refractivity contribution in [2.24, 2.45) is 0 Å². The van der Waals surface area contributed by atoms with E-state index in [4.69, 9.17) is 4.42 Å². The fourth-order valence-electron chi connectivity index (χ4n) is 7.74. The van der Waals surface area contributed by atoms with Crippen LogP contribution in [-0.2, 0) is 0 Å². The summed E-state index contributed by atoms with van der Waals surface area (Å²) in [6, 6.07) is 61.5. The van der Waals surface area contributed by atoms with Crippen LogP contribution >= 0.6 is 0 Å². The molecule has 0 saturated heterocycles. The molecule has 1 nitrogen and oxygen atoms in total. The first kappa shape index (κ1) is 26.1. The van der Waals surface area contributed by atoms with Crippen molar-refractivity contribution in [3.05, 3.63) is 170 Å². The van der Waals surface area contributed by atoms with Crippen molar-refractivity contribution >= 4 is 65.0 Å². The topological polar surface area (TPSA) is 13.1 Å². The highest BCUT2D eigenvalue weighted by Gasteiger charge is 2.21. The molecule has 10 aromatic rings. The molecule has 9 aromatic carbocycles. The Morgan fingerprint density at radius 2 is 0.872 bits per heavy atom. The number of benzene rings is 9. The number of fused-ring (bicyclic) bond motifs is 7. The van der Waals surface area contributed by atoms with Gasteiger partial charge in [-0.2, -0.15) is 0 Å². The molecular formula is C46H28O. The molecule has 0 aliphatic rings. The van der Waals surface area contributed by atoms with E-state index in [0.29, 0.717) is 0 Å². The van der Waals surface area contributed by atoms with Gasteiger partial charge in [0.15, 0.2) is 0 Å². The number of rotatable bonds is 3. The van der Waals surface area contributed by atoms with Crippen molar-refractivity contribution in [3.8, 4) is 33.4 Å². The zero-order valence-corrected chi connectivity index (χ0v) is 25.6. The summed E-state index contributed by atoms with van der Waals surface area (Å²) in [6.07, 6.45) is 0. The lowest BCUT2D eigenvalue weighted by Gasteiger charge is -2.19. The summed E-state index contributed by atoms with van der Waals surface area (Å²) in [6.45, 7) is 0. The SMILES string of the molecule is c1ccc(-c2ccc3c(-c4c5ccccc5c(-c5cccc6oc7cc8ccccc8cc7c56)c5ccccc45)cccc3c2)cc1. The van der Waals surface area contributed by atoms with Gasteiger partial charge in [-0.3, -0.25) is 0 Å². The average molecular weight is 597 g/mol. The van der Waals surface area contributed by atoms with E-state index in [2.05, 4.69) is 170 Å². The zero-order valence-electron chi connectivity index (χ0n) is 25.6. The summed E-state index contributed by atoms with van der Waals surface area (Å²) in [4.78, 5) is 0. The molecule has 1 heterocycles. The highest BCUT2D eigenvalue weighted by Crippen LogP contribution is 2.48. The maximum atomic E-state index is 6.53. The summed E-state index contributed by atoms with van der Waals surface area (Å²) < 4.78 is 6.53. The Kier molecular flexibility index (Phi) is 5.64. The van der Waals surface area contributed by atoms with Gasteiger partial charge in [-0.1, -0.05) is 146 Å².